The zero-order valence-electron chi connectivity index (χ0n) is 27.0. The Morgan fingerprint density at radius 2 is 1.31 bits per heavy atom. The van der Waals surface area contributed by atoms with E-state index >= 15 is 0 Å². The third kappa shape index (κ3) is 9.61. The van der Waals surface area contributed by atoms with Gasteiger partial charge in [-0.1, -0.05) is 78.9 Å². The van der Waals surface area contributed by atoms with Gasteiger partial charge in [0.1, 0.15) is 17.6 Å². The first-order valence-corrected chi connectivity index (χ1v) is 15.5. The van der Waals surface area contributed by atoms with Crippen molar-refractivity contribution in [2.75, 3.05) is 0 Å². The van der Waals surface area contributed by atoms with E-state index in [0.717, 1.165) is 22.0 Å². The van der Waals surface area contributed by atoms with Crippen LogP contribution in [0.15, 0.2) is 91.0 Å². The third-order valence-electron chi connectivity index (χ3n) is 7.80. The Hall–Kier alpha value is -5.78. The van der Waals surface area contributed by atoms with Crippen LogP contribution in [-0.4, -0.2) is 64.0 Å². The van der Waals surface area contributed by atoms with E-state index in [1.807, 2.05) is 66.7 Å². The van der Waals surface area contributed by atoms with E-state index in [1.54, 1.807) is 24.3 Å². The number of carbonyl (C=O) groups excluding carboxylic acids is 6. The third-order valence-corrected chi connectivity index (χ3v) is 7.80. The minimum atomic E-state index is -1.44. The number of nitrogens with one attached hydrogen (secondary N) is 5. The molecule has 1 aromatic heterocycles. The van der Waals surface area contributed by atoms with Gasteiger partial charge in [0.05, 0.1) is 12.5 Å². The molecule has 3 aromatic carbocycles. The second-order valence-corrected chi connectivity index (χ2v) is 12.2. The second-order valence-electron chi connectivity index (χ2n) is 12.2. The van der Waals surface area contributed by atoms with Gasteiger partial charge >= 0.3 is 0 Å². The van der Waals surface area contributed by atoms with Gasteiger partial charge in [-0.25, -0.2) is 0 Å². The number of fused-ring (bicyclic) bond motifs is 1. The average molecular weight is 653 g/mol. The largest absolute Gasteiger partial charge is 0.368 e. The fraction of sp³-hybridized carbons (Fsp3) is 0.278. The molecule has 0 fully saturated rings. The summed E-state index contributed by atoms with van der Waals surface area (Å²) in [4.78, 5) is 81.2. The molecule has 250 valence electrons. The molecule has 0 aliphatic heterocycles. The number of primary amides is 1. The highest BCUT2D eigenvalue weighted by molar-refractivity contribution is 6.38. The van der Waals surface area contributed by atoms with Crippen LogP contribution in [-0.2, 0) is 48.0 Å². The summed E-state index contributed by atoms with van der Waals surface area (Å²) in [6.45, 7) is 4.18. The van der Waals surface area contributed by atoms with E-state index in [4.69, 9.17) is 5.73 Å². The highest BCUT2D eigenvalue weighted by Crippen LogP contribution is 2.16. The predicted molar refractivity (Wildman–Crippen MR) is 180 cm³/mol. The lowest BCUT2D eigenvalue weighted by Crippen LogP contribution is -2.60. The van der Waals surface area contributed by atoms with Crippen molar-refractivity contribution in [3.8, 4) is 0 Å². The summed E-state index contributed by atoms with van der Waals surface area (Å²) >= 11 is 0. The van der Waals surface area contributed by atoms with Crippen molar-refractivity contribution in [1.82, 2.24) is 26.3 Å². The molecule has 0 saturated carbocycles. The maximum atomic E-state index is 13.4. The average Bonchev–Trinajstić information content (AvgIpc) is 3.47. The van der Waals surface area contributed by atoms with Crippen molar-refractivity contribution in [2.45, 2.75) is 63.7 Å². The number of Topliss-reactive ketones (excluding diaryl/α,β-unsaturated/α-hetero) is 1. The number of para-hydroxylation sites is 1. The molecule has 7 N–H and O–H groups in total. The van der Waals surface area contributed by atoms with Crippen molar-refractivity contribution in [2.24, 2.45) is 5.73 Å². The predicted octanol–water partition coefficient (Wildman–Crippen LogP) is 1.62. The van der Waals surface area contributed by atoms with Gasteiger partial charge in [0.2, 0.25) is 29.4 Å². The first kappa shape index (κ1) is 35.1. The summed E-state index contributed by atoms with van der Waals surface area (Å²) in [5, 5.41) is 11.2. The first-order valence-electron chi connectivity index (χ1n) is 15.5. The summed E-state index contributed by atoms with van der Waals surface area (Å²) in [7, 11) is 0. The van der Waals surface area contributed by atoms with Crippen molar-refractivity contribution in [3.05, 3.63) is 108 Å². The van der Waals surface area contributed by atoms with Crippen LogP contribution in [0.25, 0.3) is 10.9 Å². The number of amides is 5. The molecule has 12 nitrogen and oxygen atoms in total. The van der Waals surface area contributed by atoms with Crippen LogP contribution in [0, 0.1) is 0 Å². The SMILES string of the molecule is CC(NC(=O)C(Cc1ccccc1)NC(=O)Cc1ccccc1)C(=O)C(=O)NC(Cc1cc2ccccc2[nH]1)C(=O)NC(C)(C)C(N)=O. The molecule has 1 heterocycles. The summed E-state index contributed by atoms with van der Waals surface area (Å²) in [6.07, 6.45) is 0.146. The fourth-order valence-corrected chi connectivity index (χ4v) is 5.02. The summed E-state index contributed by atoms with van der Waals surface area (Å²) in [6, 6.07) is 23.7. The number of H-pyrrole nitrogens is 1. The van der Waals surface area contributed by atoms with Crippen LogP contribution in [0.5, 0.6) is 0 Å². The smallest absolute Gasteiger partial charge is 0.290 e. The highest BCUT2D eigenvalue weighted by atomic mass is 16.2. The van der Waals surface area contributed by atoms with Gasteiger partial charge in [-0.3, -0.25) is 28.8 Å². The van der Waals surface area contributed by atoms with Crippen molar-refractivity contribution < 1.29 is 28.8 Å². The van der Waals surface area contributed by atoms with Crippen LogP contribution in [0.1, 0.15) is 37.6 Å². The normalized spacial score (nSPS) is 13.1. The Morgan fingerprint density at radius 1 is 0.729 bits per heavy atom. The summed E-state index contributed by atoms with van der Waals surface area (Å²) < 4.78 is 0. The molecular formula is C36H40N6O6. The van der Waals surface area contributed by atoms with E-state index in [1.165, 1.54) is 20.8 Å². The maximum absolute atomic E-state index is 13.4. The Morgan fingerprint density at radius 3 is 1.94 bits per heavy atom. The molecule has 3 atom stereocenters. The number of aromatic nitrogens is 1. The van der Waals surface area contributed by atoms with Crippen LogP contribution in [0.2, 0.25) is 0 Å². The zero-order valence-corrected chi connectivity index (χ0v) is 27.0. The number of carbonyl (C=O) groups is 6. The van der Waals surface area contributed by atoms with Gasteiger partial charge in [0.25, 0.3) is 5.91 Å². The van der Waals surface area contributed by atoms with E-state index < -0.39 is 59.0 Å². The number of benzene rings is 3. The Balaban J connectivity index is 1.46. The summed E-state index contributed by atoms with van der Waals surface area (Å²) in [5.41, 5.74) is 6.94. The van der Waals surface area contributed by atoms with Crippen LogP contribution in [0.4, 0.5) is 0 Å². The summed E-state index contributed by atoms with van der Waals surface area (Å²) in [5.74, 6) is -4.72. The molecule has 4 rings (SSSR count). The Labute approximate surface area is 278 Å². The molecule has 48 heavy (non-hydrogen) atoms. The van der Waals surface area contributed by atoms with Crippen LogP contribution < -0.4 is 27.0 Å². The second kappa shape index (κ2) is 15.7. The number of ketones is 1. The van der Waals surface area contributed by atoms with E-state index in [9.17, 15) is 28.8 Å². The Bertz CT molecular complexity index is 1750. The van der Waals surface area contributed by atoms with Crippen LogP contribution in [0.3, 0.4) is 0 Å². The topological polar surface area (TPSA) is 192 Å². The highest BCUT2D eigenvalue weighted by Gasteiger charge is 2.34. The first-order chi connectivity index (χ1) is 22.8. The number of rotatable bonds is 15. The fourth-order valence-electron chi connectivity index (χ4n) is 5.02. The number of hydrogen-bond donors (Lipinski definition) is 6. The lowest BCUT2D eigenvalue weighted by atomic mass is 10.0. The molecule has 0 radical (unpaired) electrons. The number of hydrogen-bond acceptors (Lipinski definition) is 6. The van der Waals surface area contributed by atoms with Crippen molar-refractivity contribution >= 4 is 46.2 Å². The Kier molecular flexibility index (Phi) is 11.5. The van der Waals surface area contributed by atoms with Crippen LogP contribution >= 0.6 is 0 Å². The molecule has 0 saturated heterocycles. The molecule has 0 aliphatic rings. The molecule has 12 heteroatoms. The van der Waals surface area contributed by atoms with Gasteiger partial charge in [0, 0.05) is 24.1 Å². The van der Waals surface area contributed by atoms with E-state index in [2.05, 4.69) is 26.3 Å². The molecule has 0 spiro atoms. The standard InChI is InChI=1S/C36H40N6O6/c1-22(38-32(45)28(18-23-12-6-4-7-13-23)40-30(43)19-24-14-8-5-9-15-24)31(44)34(47)41-29(33(46)42-36(2,3)35(37)48)21-26-20-25-16-10-11-17-27(25)39-26/h4-17,20,22,28-29,39H,18-19,21H2,1-3H3,(H2,37,48)(H,38,45)(H,40,43)(H,41,47)(H,42,46). The van der Waals surface area contributed by atoms with Gasteiger partial charge in [0.15, 0.2) is 0 Å². The van der Waals surface area contributed by atoms with Crippen molar-refractivity contribution in [1.29, 1.82) is 0 Å². The monoisotopic (exact) mass is 652 g/mol. The van der Waals surface area contributed by atoms with Gasteiger partial charge in [-0.2, -0.15) is 0 Å². The minimum absolute atomic E-state index is 0.0400. The van der Waals surface area contributed by atoms with E-state index in [0.29, 0.717) is 5.69 Å². The maximum Gasteiger partial charge on any atom is 0.290 e. The quantitative estimate of drug-likeness (QED) is 0.106. The molecule has 5 amide bonds. The van der Waals surface area contributed by atoms with Gasteiger partial charge in [-0.05, 0) is 49.4 Å². The van der Waals surface area contributed by atoms with Crippen molar-refractivity contribution in [3.63, 3.8) is 0 Å². The molecule has 0 bridgehead atoms. The molecular weight excluding hydrogens is 612 g/mol. The number of nitrogens with two attached hydrogens (primary N) is 1. The lowest BCUT2D eigenvalue weighted by Gasteiger charge is -2.26. The van der Waals surface area contributed by atoms with E-state index in [-0.39, 0.29) is 19.3 Å². The van der Waals surface area contributed by atoms with Gasteiger partial charge in [-0.15, -0.1) is 0 Å². The minimum Gasteiger partial charge on any atom is -0.368 e. The molecule has 4 aromatic rings. The molecule has 0 aliphatic carbocycles. The lowest BCUT2D eigenvalue weighted by molar-refractivity contribution is -0.141. The zero-order chi connectivity index (χ0) is 34.8. The molecule has 3 unspecified atom stereocenters. The van der Waals surface area contributed by atoms with Gasteiger partial charge < -0.3 is 32.0 Å². The number of aromatic amines is 1.